The predicted octanol–water partition coefficient (Wildman–Crippen LogP) is 3.77. The first-order chi connectivity index (χ1) is 6.45. The summed E-state index contributed by atoms with van der Waals surface area (Å²) in [6, 6.07) is 0. The molecule has 2 fully saturated rings. The smallest absolute Gasteiger partial charge is 0.0706 e. The molecule has 82 valence electrons. The van der Waals surface area contributed by atoms with Crippen molar-refractivity contribution in [3.8, 4) is 0 Å². The fourth-order valence-corrected chi connectivity index (χ4v) is 3.02. The minimum absolute atomic E-state index is 0.0924. The molecule has 2 aliphatic rings. The fourth-order valence-electron chi connectivity index (χ4n) is 3.02. The molecule has 1 saturated carbocycles. The molecular formula is C13H24O. The van der Waals surface area contributed by atoms with E-state index in [1.807, 2.05) is 0 Å². The average molecular weight is 196 g/mol. The molecule has 1 atom stereocenters. The van der Waals surface area contributed by atoms with E-state index in [0.29, 0.717) is 11.5 Å². The fraction of sp³-hybridized carbons (Fsp3) is 1.00. The third-order valence-corrected chi connectivity index (χ3v) is 4.76. The van der Waals surface area contributed by atoms with Crippen LogP contribution in [0.4, 0.5) is 0 Å². The number of ether oxygens (including phenoxy) is 1. The van der Waals surface area contributed by atoms with Crippen LogP contribution in [0.3, 0.4) is 0 Å². The Morgan fingerprint density at radius 3 is 1.93 bits per heavy atom. The molecule has 2 rings (SSSR count). The molecule has 1 heterocycles. The molecule has 0 amide bonds. The summed E-state index contributed by atoms with van der Waals surface area (Å²) < 4.78 is 6.08. The molecule has 14 heavy (non-hydrogen) atoms. The van der Waals surface area contributed by atoms with E-state index in [9.17, 15) is 0 Å². The quantitative estimate of drug-likeness (QED) is 0.620. The molecular weight excluding hydrogens is 172 g/mol. The Morgan fingerprint density at radius 1 is 0.929 bits per heavy atom. The summed E-state index contributed by atoms with van der Waals surface area (Å²) in [5.74, 6) is 0.840. The first-order valence-corrected chi connectivity index (χ1v) is 6.13. The Hall–Kier alpha value is -0.0400. The summed E-state index contributed by atoms with van der Waals surface area (Å²) >= 11 is 0. The van der Waals surface area contributed by atoms with Crippen LogP contribution in [-0.2, 0) is 4.74 Å². The van der Waals surface area contributed by atoms with E-state index in [4.69, 9.17) is 4.74 Å². The summed E-state index contributed by atoms with van der Waals surface area (Å²) in [5.41, 5.74) is 0.462. The third-order valence-electron chi connectivity index (χ3n) is 4.76. The van der Waals surface area contributed by atoms with E-state index in [0.717, 1.165) is 5.92 Å². The Balaban J connectivity index is 2.00. The Kier molecular flexibility index (Phi) is 2.42. The molecule has 0 aromatic carbocycles. The van der Waals surface area contributed by atoms with Crippen LogP contribution in [0.1, 0.15) is 59.8 Å². The van der Waals surface area contributed by atoms with Crippen molar-refractivity contribution in [3.63, 3.8) is 0 Å². The largest absolute Gasteiger partial charge is 0.371 e. The Morgan fingerprint density at radius 2 is 1.50 bits per heavy atom. The zero-order chi connectivity index (χ0) is 10.4. The molecule has 1 saturated heterocycles. The second kappa shape index (κ2) is 3.23. The first kappa shape index (κ1) is 10.5. The zero-order valence-corrected chi connectivity index (χ0v) is 10.1. The van der Waals surface area contributed by atoms with Crippen molar-refractivity contribution in [1.82, 2.24) is 0 Å². The summed E-state index contributed by atoms with van der Waals surface area (Å²) in [6.07, 6.45) is 7.58. The van der Waals surface area contributed by atoms with Crippen molar-refractivity contribution >= 4 is 0 Å². The van der Waals surface area contributed by atoms with Crippen molar-refractivity contribution in [2.75, 3.05) is 0 Å². The van der Waals surface area contributed by atoms with Gasteiger partial charge in [0.15, 0.2) is 0 Å². The van der Waals surface area contributed by atoms with Crippen LogP contribution in [0.25, 0.3) is 0 Å². The van der Waals surface area contributed by atoms with Gasteiger partial charge in [0.1, 0.15) is 0 Å². The molecule has 1 aliphatic carbocycles. The highest BCUT2D eigenvalue weighted by atomic mass is 16.5. The standard InChI is InChI=1S/C13H24O/c1-12(2)11(14-13(12,3)4)10-8-6-5-7-9-10/h10-11H,5-9H2,1-4H3. The number of hydrogen-bond acceptors (Lipinski definition) is 1. The van der Waals surface area contributed by atoms with Gasteiger partial charge in [0, 0.05) is 5.41 Å². The molecule has 1 heteroatoms. The Bertz CT molecular complexity index is 211. The highest BCUT2D eigenvalue weighted by molar-refractivity contribution is 5.05. The number of rotatable bonds is 1. The van der Waals surface area contributed by atoms with E-state index in [2.05, 4.69) is 27.7 Å². The summed E-state index contributed by atoms with van der Waals surface area (Å²) in [4.78, 5) is 0. The van der Waals surface area contributed by atoms with Crippen LogP contribution in [0.5, 0.6) is 0 Å². The van der Waals surface area contributed by atoms with Crippen molar-refractivity contribution in [3.05, 3.63) is 0 Å². The lowest BCUT2D eigenvalue weighted by Crippen LogP contribution is -2.65. The van der Waals surface area contributed by atoms with Gasteiger partial charge in [-0.15, -0.1) is 0 Å². The maximum Gasteiger partial charge on any atom is 0.0706 e. The van der Waals surface area contributed by atoms with Gasteiger partial charge in [-0.05, 0) is 32.6 Å². The predicted molar refractivity (Wildman–Crippen MR) is 59.3 cm³/mol. The molecule has 1 aliphatic heterocycles. The SMILES string of the molecule is CC1(C)OC(C2CCCCC2)C1(C)C. The van der Waals surface area contributed by atoms with E-state index < -0.39 is 0 Å². The van der Waals surface area contributed by atoms with Gasteiger partial charge < -0.3 is 4.74 Å². The topological polar surface area (TPSA) is 9.23 Å². The molecule has 0 radical (unpaired) electrons. The normalized spacial score (nSPS) is 36.4. The lowest BCUT2D eigenvalue weighted by Gasteiger charge is -2.61. The van der Waals surface area contributed by atoms with E-state index in [1.165, 1.54) is 32.1 Å². The lowest BCUT2D eigenvalue weighted by atomic mass is 9.61. The first-order valence-electron chi connectivity index (χ1n) is 6.13. The van der Waals surface area contributed by atoms with Crippen LogP contribution in [0, 0.1) is 11.3 Å². The second-order valence-electron chi connectivity index (χ2n) is 6.17. The van der Waals surface area contributed by atoms with Gasteiger partial charge in [0.05, 0.1) is 11.7 Å². The van der Waals surface area contributed by atoms with Crippen molar-refractivity contribution in [2.45, 2.75) is 71.5 Å². The van der Waals surface area contributed by atoms with Gasteiger partial charge in [-0.25, -0.2) is 0 Å². The average Bonchev–Trinajstić information content (AvgIpc) is 2.16. The molecule has 0 bridgehead atoms. The van der Waals surface area contributed by atoms with Crippen LogP contribution in [0.15, 0.2) is 0 Å². The van der Waals surface area contributed by atoms with Crippen molar-refractivity contribution < 1.29 is 4.74 Å². The summed E-state index contributed by atoms with van der Waals surface area (Å²) in [7, 11) is 0. The van der Waals surface area contributed by atoms with Gasteiger partial charge in [-0.3, -0.25) is 0 Å². The van der Waals surface area contributed by atoms with Gasteiger partial charge in [-0.2, -0.15) is 0 Å². The maximum absolute atomic E-state index is 6.08. The minimum atomic E-state index is 0.0924. The summed E-state index contributed by atoms with van der Waals surface area (Å²) in [5, 5.41) is 0. The Labute approximate surface area is 88.2 Å². The highest BCUT2D eigenvalue weighted by Crippen LogP contribution is 2.54. The lowest BCUT2D eigenvalue weighted by molar-refractivity contribution is -0.309. The van der Waals surface area contributed by atoms with Crippen molar-refractivity contribution in [1.29, 1.82) is 0 Å². The van der Waals surface area contributed by atoms with Gasteiger partial charge in [0.25, 0.3) is 0 Å². The molecule has 1 nitrogen and oxygen atoms in total. The number of hydrogen-bond donors (Lipinski definition) is 0. The van der Waals surface area contributed by atoms with Crippen LogP contribution in [-0.4, -0.2) is 11.7 Å². The van der Waals surface area contributed by atoms with Crippen LogP contribution in [0.2, 0.25) is 0 Å². The second-order valence-corrected chi connectivity index (χ2v) is 6.17. The van der Waals surface area contributed by atoms with Crippen molar-refractivity contribution in [2.24, 2.45) is 11.3 Å². The third kappa shape index (κ3) is 1.41. The van der Waals surface area contributed by atoms with Gasteiger partial charge in [-0.1, -0.05) is 33.1 Å². The van der Waals surface area contributed by atoms with E-state index in [1.54, 1.807) is 0 Å². The van der Waals surface area contributed by atoms with E-state index >= 15 is 0 Å². The molecule has 0 aromatic rings. The molecule has 1 unspecified atom stereocenters. The van der Waals surface area contributed by atoms with Crippen LogP contribution < -0.4 is 0 Å². The zero-order valence-electron chi connectivity index (χ0n) is 10.1. The highest BCUT2D eigenvalue weighted by Gasteiger charge is 2.57. The molecule has 0 spiro atoms. The van der Waals surface area contributed by atoms with Crippen LogP contribution >= 0.6 is 0 Å². The minimum Gasteiger partial charge on any atom is -0.371 e. The molecule has 0 N–H and O–H groups in total. The molecule has 0 aromatic heterocycles. The van der Waals surface area contributed by atoms with E-state index in [-0.39, 0.29) is 5.60 Å². The monoisotopic (exact) mass is 196 g/mol. The maximum atomic E-state index is 6.08. The summed E-state index contributed by atoms with van der Waals surface area (Å²) in [6.45, 7) is 9.20. The van der Waals surface area contributed by atoms with Gasteiger partial charge in [0.2, 0.25) is 0 Å². The van der Waals surface area contributed by atoms with Gasteiger partial charge >= 0.3 is 0 Å².